The first kappa shape index (κ1) is 16.1. The second-order valence-corrected chi connectivity index (χ2v) is 7.13. The van der Waals surface area contributed by atoms with Crippen LogP contribution in [0.25, 0.3) is 0 Å². The third-order valence-corrected chi connectivity index (χ3v) is 5.58. The number of imidazole rings is 1. The topological polar surface area (TPSA) is 67.6 Å². The van der Waals surface area contributed by atoms with E-state index in [4.69, 9.17) is 4.74 Å². The van der Waals surface area contributed by atoms with Crippen LogP contribution in [0.2, 0.25) is 0 Å². The Morgan fingerprint density at radius 1 is 1.24 bits per heavy atom. The van der Waals surface area contributed by atoms with Gasteiger partial charge in [-0.2, -0.15) is 0 Å². The highest BCUT2D eigenvalue weighted by molar-refractivity contribution is 5.95. The average molecular weight is 341 g/mol. The van der Waals surface area contributed by atoms with Crippen molar-refractivity contribution in [3.63, 3.8) is 0 Å². The number of hydrogen-bond donors (Lipinski definition) is 1. The zero-order valence-corrected chi connectivity index (χ0v) is 14.6. The summed E-state index contributed by atoms with van der Waals surface area (Å²) in [6.45, 7) is 0. The highest BCUT2D eigenvalue weighted by Crippen LogP contribution is 2.45. The monoisotopic (exact) mass is 341 g/mol. The largest absolute Gasteiger partial charge is 0.497 e. The predicted molar refractivity (Wildman–Crippen MR) is 92.3 cm³/mol. The lowest BCUT2D eigenvalue weighted by Crippen LogP contribution is -2.52. The fraction of sp³-hybridized carbons (Fsp3) is 0.474. The van der Waals surface area contributed by atoms with Gasteiger partial charge in [0.05, 0.1) is 7.11 Å². The van der Waals surface area contributed by atoms with Gasteiger partial charge in [0.1, 0.15) is 17.2 Å². The number of rotatable bonds is 3. The van der Waals surface area contributed by atoms with Gasteiger partial charge in [-0.05, 0) is 37.1 Å². The zero-order valence-electron chi connectivity index (χ0n) is 14.6. The molecule has 0 radical (unpaired) electrons. The van der Waals surface area contributed by atoms with Crippen LogP contribution in [0.3, 0.4) is 0 Å². The minimum absolute atomic E-state index is 0.0389. The molecule has 0 spiro atoms. The van der Waals surface area contributed by atoms with E-state index in [1.807, 2.05) is 34.8 Å². The summed E-state index contributed by atoms with van der Waals surface area (Å²) >= 11 is 0. The van der Waals surface area contributed by atoms with Crippen LogP contribution >= 0.6 is 0 Å². The molecule has 1 N–H and O–H groups in total. The quantitative estimate of drug-likeness (QED) is 0.928. The lowest BCUT2D eigenvalue weighted by molar-refractivity contribution is -0.0555. The second kappa shape index (κ2) is 5.88. The molecule has 3 heterocycles. The Kier molecular flexibility index (Phi) is 3.80. The number of piperidine rings is 1. The fourth-order valence-electron chi connectivity index (χ4n) is 4.44. The molecule has 132 valence electrons. The molecule has 1 unspecified atom stereocenters. The summed E-state index contributed by atoms with van der Waals surface area (Å²) in [7, 11) is 3.51. The molecule has 6 heteroatoms. The van der Waals surface area contributed by atoms with Crippen molar-refractivity contribution in [2.75, 3.05) is 7.11 Å². The lowest BCUT2D eigenvalue weighted by Gasteiger charge is -2.43. The molecule has 2 aliphatic heterocycles. The van der Waals surface area contributed by atoms with Crippen LogP contribution in [-0.4, -0.2) is 44.7 Å². The molecule has 2 fully saturated rings. The van der Waals surface area contributed by atoms with Crippen LogP contribution in [0.1, 0.15) is 41.9 Å². The minimum atomic E-state index is -0.958. The van der Waals surface area contributed by atoms with Gasteiger partial charge in [-0.3, -0.25) is 4.79 Å². The molecule has 2 saturated heterocycles. The molecular weight excluding hydrogens is 318 g/mol. The van der Waals surface area contributed by atoms with E-state index in [1.165, 1.54) is 0 Å². The predicted octanol–water partition coefficient (Wildman–Crippen LogP) is 2.08. The van der Waals surface area contributed by atoms with Crippen LogP contribution < -0.4 is 4.74 Å². The standard InChI is InChI=1S/C19H23N3O3/c1-21-10-9-20-18(21)19(24)11-14-5-6-15(12-19)22(14)17(23)13-3-7-16(25-2)8-4-13/h3-4,7-10,14-15,24H,5-6,11-12H2,1-2H3/t14-,15+,19?. The maximum absolute atomic E-state index is 13.0. The first-order chi connectivity index (χ1) is 12.0. The molecule has 4 rings (SSSR count). The fourth-order valence-corrected chi connectivity index (χ4v) is 4.44. The van der Waals surface area contributed by atoms with Crippen molar-refractivity contribution in [2.45, 2.75) is 43.4 Å². The van der Waals surface area contributed by atoms with Crippen molar-refractivity contribution >= 4 is 5.91 Å². The molecule has 3 atom stereocenters. The van der Waals surface area contributed by atoms with Gasteiger partial charge in [0.2, 0.25) is 0 Å². The number of aryl methyl sites for hydroxylation is 1. The molecule has 0 aliphatic carbocycles. The first-order valence-electron chi connectivity index (χ1n) is 8.69. The van der Waals surface area contributed by atoms with Crippen molar-refractivity contribution in [2.24, 2.45) is 7.05 Å². The number of nitrogens with zero attached hydrogens (tertiary/aromatic N) is 3. The number of carbonyl (C=O) groups excluding carboxylic acids is 1. The van der Waals surface area contributed by atoms with Crippen molar-refractivity contribution < 1.29 is 14.6 Å². The van der Waals surface area contributed by atoms with Crippen molar-refractivity contribution in [1.82, 2.24) is 14.5 Å². The Hall–Kier alpha value is -2.34. The molecule has 2 aliphatic rings. The molecule has 1 amide bonds. The van der Waals surface area contributed by atoms with E-state index < -0.39 is 5.60 Å². The maximum Gasteiger partial charge on any atom is 0.254 e. The summed E-state index contributed by atoms with van der Waals surface area (Å²) in [5.41, 5.74) is -0.291. The third-order valence-electron chi connectivity index (χ3n) is 5.58. The third kappa shape index (κ3) is 2.61. The summed E-state index contributed by atoms with van der Waals surface area (Å²) < 4.78 is 7.04. The number of benzene rings is 1. The highest BCUT2D eigenvalue weighted by atomic mass is 16.5. The summed E-state index contributed by atoms with van der Waals surface area (Å²) in [5, 5.41) is 11.2. The molecule has 2 bridgehead atoms. The van der Waals surface area contributed by atoms with E-state index in [-0.39, 0.29) is 18.0 Å². The molecule has 1 aromatic heterocycles. The Morgan fingerprint density at radius 2 is 1.88 bits per heavy atom. The van der Waals surface area contributed by atoms with Crippen molar-refractivity contribution in [3.05, 3.63) is 48.0 Å². The minimum Gasteiger partial charge on any atom is -0.497 e. The van der Waals surface area contributed by atoms with Gasteiger partial charge in [0.15, 0.2) is 0 Å². The van der Waals surface area contributed by atoms with Gasteiger partial charge in [0, 0.05) is 49.9 Å². The Labute approximate surface area is 147 Å². The van der Waals surface area contributed by atoms with E-state index >= 15 is 0 Å². The molecule has 1 aromatic carbocycles. The summed E-state index contributed by atoms with van der Waals surface area (Å²) in [6.07, 6.45) is 6.50. The Balaban J connectivity index is 1.58. The number of aliphatic hydroxyl groups is 1. The van der Waals surface area contributed by atoms with E-state index in [0.717, 1.165) is 18.6 Å². The highest BCUT2D eigenvalue weighted by Gasteiger charge is 2.51. The van der Waals surface area contributed by atoms with Gasteiger partial charge in [-0.25, -0.2) is 4.98 Å². The Morgan fingerprint density at radius 3 is 2.40 bits per heavy atom. The summed E-state index contributed by atoms with van der Waals surface area (Å²) in [6, 6.07) is 7.33. The van der Waals surface area contributed by atoms with Crippen LogP contribution in [0.5, 0.6) is 5.75 Å². The lowest BCUT2D eigenvalue weighted by atomic mass is 9.85. The SMILES string of the molecule is COc1ccc(C(=O)N2[C@@H]3CC[C@H]2CC(O)(c2nccn2C)C3)cc1. The number of ether oxygens (including phenoxy) is 1. The first-order valence-corrected chi connectivity index (χ1v) is 8.69. The second-order valence-electron chi connectivity index (χ2n) is 7.13. The van der Waals surface area contributed by atoms with Crippen LogP contribution in [0.15, 0.2) is 36.7 Å². The maximum atomic E-state index is 13.0. The van der Waals surface area contributed by atoms with Gasteiger partial charge in [-0.1, -0.05) is 0 Å². The molecule has 25 heavy (non-hydrogen) atoms. The molecule has 0 saturated carbocycles. The van der Waals surface area contributed by atoms with Gasteiger partial charge < -0.3 is 19.3 Å². The number of aromatic nitrogens is 2. The van der Waals surface area contributed by atoms with Gasteiger partial charge >= 0.3 is 0 Å². The normalized spacial score (nSPS) is 28.2. The molecule has 2 aromatic rings. The number of amides is 1. The molecule has 6 nitrogen and oxygen atoms in total. The zero-order chi connectivity index (χ0) is 17.6. The average Bonchev–Trinajstić information content (AvgIpc) is 3.17. The van der Waals surface area contributed by atoms with E-state index in [1.54, 1.807) is 25.4 Å². The number of methoxy groups -OCH3 is 1. The van der Waals surface area contributed by atoms with Gasteiger partial charge in [-0.15, -0.1) is 0 Å². The van der Waals surface area contributed by atoms with Gasteiger partial charge in [0.25, 0.3) is 5.91 Å². The van der Waals surface area contributed by atoms with Crippen molar-refractivity contribution in [1.29, 1.82) is 0 Å². The van der Waals surface area contributed by atoms with Crippen molar-refractivity contribution in [3.8, 4) is 5.75 Å². The van der Waals surface area contributed by atoms with Crippen LogP contribution in [-0.2, 0) is 12.6 Å². The van der Waals surface area contributed by atoms with E-state index in [9.17, 15) is 9.90 Å². The molecular formula is C19H23N3O3. The number of fused-ring (bicyclic) bond motifs is 2. The number of hydrogen-bond acceptors (Lipinski definition) is 4. The Bertz CT molecular complexity index is 769. The van der Waals surface area contributed by atoms with E-state index in [0.29, 0.717) is 24.2 Å². The smallest absolute Gasteiger partial charge is 0.254 e. The summed E-state index contributed by atoms with van der Waals surface area (Å²) in [4.78, 5) is 19.3. The summed E-state index contributed by atoms with van der Waals surface area (Å²) in [5.74, 6) is 1.47. The van der Waals surface area contributed by atoms with Crippen LogP contribution in [0, 0.1) is 0 Å². The van der Waals surface area contributed by atoms with Crippen LogP contribution in [0.4, 0.5) is 0 Å². The number of carbonyl (C=O) groups is 1. The van der Waals surface area contributed by atoms with E-state index in [2.05, 4.69) is 4.98 Å².